The van der Waals surface area contributed by atoms with Gasteiger partial charge >= 0.3 is 6.18 Å². The van der Waals surface area contributed by atoms with Crippen LogP contribution in [0.25, 0.3) is 0 Å². The Labute approximate surface area is 170 Å². The molecule has 152 valence electrons. The first-order valence-corrected chi connectivity index (χ1v) is 10.0. The van der Waals surface area contributed by atoms with Crippen molar-refractivity contribution < 1.29 is 26.3 Å². The predicted molar refractivity (Wildman–Crippen MR) is 102 cm³/mol. The average molecular weight is 443 g/mol. The Balaban J connectivity index is 1.71. The van der Waals surface area contributed by atoms with E-state index in [1.807, 2.05) is 6.07 Å². The normalized spacial score (nSPS) is 11.9. The van der Waals surface area contributed by atoms with Crippen LogP contribution in [0.1, 0.15) is 11.3 Å². The number of hydrogen-bond donors (Lipinski definition) is 1. The zero-order valence-electron chi connectivity index (χ0n) is 14.7. The zero-order chi connectivity index (χ0) is 21.1. The van der Waals surface area contributed by atoms with Crippen LogP contribution in [0.15, 0.2) is 71.8 Å². The lowest BCUT2D eigenvalue weighted by atomic mass is 10.2. The van der Waals surface area contributed by atoms with Gasteiger partial charge in [0.25, 0.3) is 10.0 Å². The number of aromatic nitrogens is 1. The number of benzene rings is 2. The lowest BCUT2D eigenvalue weighted by Crippen LogP contribution is -2.13. The summed E-state index contributed by atoms with van der Waals surface area (Å²) in [4.78, 5) is 3.81. The molecule has 1 N–H and O–H groups in total. The number of anilines is 1. The van der Waals surface area contributed by atoms with Gasteiger partial charge in [-0.2, -0.15) is 13.2 Å². The lowest BCUT2D eigenvalue weighted by Gasteiger charge is -2.12. The monoisotopic (exact) mass is 442 g/mol. The average Bonchev–Trinajstić information content (AvgIpc) is 2.67. The number of sulfonamides is 1. The summed E-state index contributed by atoms with van der Waals surface area (Å²) < 4.78 is 70.5. The molecule has 0 radical (unpaired) electrons. The molecule has 0 aliphatic heterocycles. The molecule has 3 rings (SSSR count). The maximum Gasteiger partial charge on any atom is 0.416 e. The van der Waals surface area contributed by atoms with E-state index in [9.17, 15) is 21.6 Å². The van der Waals surface area contributed by atoms with E-state index < -0.39 is 21.8 Å². The largest absolute Gasteiger partial charge is 0.486 e. The molecule has 3 aromatic rings. The predicted octanol–water partition coefficient (Wildman–Crippen LogP) is 5.13. The van der Waals surface area contributed by atoms with Crippen LogP contribution in [0.4, 0.5) is 18.9 Å². The topological polar surface area (TPSA) is 68.3 Å². The van der Waals surface area contributed by atoms with Gasteiger partial charge in [-0.15, -0.1) is 0 Å². The third-order valence-corrected chi connectivity index (χ3v) is 5.47. The van der Waals surface area contributed by atoms with Crippen molar-refractivity contribution in [2.75, 3.05) is 4.72 Å². The van der Waals surface area contributed by atoms with Crippen LogP contribution in [0.2, 0.25) is 5.02 Å². The highest BCUT2D eigenvalue weighted by atomic mass is 35.5. The van der Waals surface area contributed by atoms with E-state index in [4.69, 9.17) is 16.3 Å². The molecule has 0 saturated heterocycles. The quantitative estimate of drug-likeness (QED) is 0.574. The van der Waals surface area contributed by atoms with Gasteiger partial charge in [-0.25, -0.2) is 8.42 Å². The second kappa shape index (κ2) is 8.30. The molecule has 0 saturated carbocycles. The minimum atomic E-state index is -4.55. The van der Waals surface area contributed by atoms with Crippen molar-refractivity contribution >= 4 is 27.3 Å². The Hall–Kier alpha value is -2.78. The second-order valence-corrected chi connectivity index (χ2v) is 7.97. The van der Waals surface area contributed by atoms with Crippen LogP contribution in [0, 0.1) is 0 Å². The maximum absolute atomic E-state index is 12.6. The van der Waals surface area contributed by atoms with E-state index in [1.165, 1.54) is 18.2 Å². The highest BCUT2D eigenvalue weighted by Crippen LogP contribution is 2.31. The zero-order valence-corrected chi connectivity index (χ0v) is 16.2. The molecular formula is C19H14ClF3N2O3S. The van der Waals surface area contributed by atoms with E-state index in [2.05, 4.69) is 9.71 Å². The molecular weight excluding hydrogens is 429 g/mol. The highest BCUT2D eigenvalue weighted by Gasteiger charge is 2.30. The molecule has 0 atom stereocenters. The summed E-state index contributed by atoms with van der Waals surface area (Å²) in [5.74, 6) is 0.329. The van der Waals surface area contributed by atoms with Gasteiger partial charge in [-0.3, -0.25) is 9.71 Å². The van der Waals surface area contributed by atoms with Crippen molar-refractivity contribution in [1.29, 1.82) is 0 Å². The molecule has 0 aliphatic carbocycles. The summed E-state index contributed by atoms with van der Waals surface area (Å²) in [6.07, 6.45) is -2.92. The number of hydrogen-bond acceptors (Lipinski definition) is 4. The Morgan fingerprint density at radius 1 is 1.03 bits per heavy atom. The summed E-state index contributed by atoms with van der Waals surface area (Å²) >= 11 is 6.14. The maximum atomic E-state index is 12.6. The summed E-state index contributed by atoms with van der Waals surface area (Å²) in [5.41, 5.74) is -0.107. The summed E-state index contributed by atoms with van der Waals surface area (Å²) in [6.45, 7) is 0.178. The van der Waals surface area contributed by atoms with Crippen LogP contribution in [-0.2, 0) is 22.8 Å². The third kappa shape index (κ3) is 5.39. The van der Waals surface area contributed by atoms with Gasteiger partial charge in [0.2, 0.25) is 0 Å². The molecule has 0 unspecified atom stereocenters. The van der Waals surface area contributed by atoms with Crippen molar-refractivity contribution in [2.24, 2.45) is 0 Å². The first kappa shape index (κ1) is 20.9. The summed E-state index contributed by atoms with van der Waals surface area (Å²) in [6, 6.07) is 12.8. The number of nitrogens with one attached hydrogen (secondary N) is 1. The fraction of sp³-hybridized carbons (Fsp3) is 0.105. The Morgan fingerprint density at radius 2 is 1.76 bits per heavy atom. The van der Waals surface area contributed by atoms with Crippen LogP contribution < -0.4 is 9.46 Å². The molecule has 0 spiro atoms. The number of halogens is 4. The van der Waals surface area contributed by atoms with Gasteiger partial charge in [0, 0.05) is 6.20 Å². The van der Waals surface area contributed by atoms with E-state index in [0.29, 0.717) is 23.6 Å². The Kier molecular flexibility index (Phi) is 5.99. The fourth-order valence-corrected chi connectivity index (χ4v) is 3.64. The standard InChI is InChI=1S/C19H14ClF3N2O3S/c20-17-11-14(6-9-18(17)28-12-15-3-1-2-10-24-15)25-29(26,27)16-7-4-13(5-8-16)19(21,22)23/h1-11,25H,12H2. The van der Waals surface area contributed by atoms with E-state index in [-0.39, 0.29) is 22.2 Å². The molecule has 1 heterocycles. The van der Waals surface area contributed by atoms with Gasteiger partial charge < -0.3 is 4.74 Å². The summed E-state index contributed by atoms with van der Waals surface area (Å²) in [5, 5.41) is 0.161. The minimum Gasteiger partial charge on any atom is -0.486 e. The molecule has 5 nitrogen and oxygen atoms in total. The number of pyridine rings is 1. The van der Waals surface area contributed by atoms with Crippen LogP contribution >= 0.6 is 11.6 Å². The molecule has 2 aromatic carbocycles. The molecule has 0 fully saturated rings. The van der Waals surface area contributed by atoms with Crippen molar-refractivity contribution in [3.05, 3.63) is 83.1 Å². The number of ether oxygens (including phenoxy) is 1. The molecule has 10 heteroatoms. The highest BCUT2D eigenvalue weighted by molar-refractivity contribution is 7.92. The Morgan fingerprint density at radius 3 is 2.34 bits per heavy atom. The first-order valence-electron chi connectivity index (χ1n) is 8.17. The third-order valence-electron chi connectivity index (χ3n) is 3.78. The van der Waals surface area contributed by atoms with Crippen molar-refractivity contribution in [2.45, 2.75) is 17.7 Å². The smallest absolute Gasteiger partial charge is 0.416 e. The van der Waals surface area contributed by atoms with Gasteiger partial charge in [0.1, 0.15) is 12.4 Å². The summed E-state index contributed by atoms with van der Waals surface area (Å²) in [7, 11) is -4.09. The second-order valence-electron chi connectivity index (χ2n) is 5.88. The molecule has 0 bridgehead atoms. The van der Waals surface area contributed by atoms with Gasteiger partial charge in [0.15, 0.2) is 0 Å². The SMILES string of the molecule is O=S(=O)(Nc1ccc(OCc2ccccn2)c(Cl)c1)c1ccc(C(F)(F)F)cc1. The van der Waals surface area contributed by atoms with Crippen LogP contribution in [0.3, 0.4) is 0 Å². The Bertz CT molecular complexity index is 1090. The van der Waals surface area contributed by atoms with E-state index in [1.54, 1.807) is 18.3 Å². The van der Waals surface area contributed by atoms with Crippen molar-refractivity contribution in [3.63, 3.8) is 0 Å². The van der Waals surface area contributed by atoms with E-state index in [0.717, 1.165) is 12.1 Å². The van der Waals surface area contributed by atoms with Crippen LogP contribution in [-0.4, -0.2) is 13.4 Å². The molecule has 0 amide bonds. The van der Waals surface area contributed by atoms with Crippen molar-refractivity contribution in [3.8, 4) is 5.75 Å². The number of rotatable bonds is 6. The number of nitrogens with zero attached hydrogens (tertiary/aromatic N) is 1. The molecule has 29 heavy (non-hydrogen) atoms. The molecule has 0 aliphatic rings. The van der Waals surface area contributed by atoms with Crippen molar-refractivity contribution in [1.82, 2.24) is 4.98 Å². The van der Waals surface area contributed by atoms with Gasteiger partial charge in [-0.1, -0.05) is 17.7 Å². The molecule has 1 aromatic heterocycles. The first-order chi connectivity index (χ1) is 13.6. The number of alkyl halides is 3. The lowest BCUT2D eigenvalue weighted by molar-refractivity contribution is -0.137. The van der Waals surface area contributed by atoms with Gasteiger partial charge in [0.05, 0.1) is 26.9 Å². The minimum absolute atomic E-state index is 0.139. The van der Waals surface area contributed by atoms with Crippen LogP contribution in [0.5, 0.6) is 5.75 Å². The fourth-order valence-electron chi connectivity index (χ4n) is 2.35. The van der Waals surface area contributed by atoms with Gasteiger partial charge in [-0.05, 0) is 54.6 Å². The van der Waals surface area contributed by atoms with E-state index >= 15 is 0 Å².